The summed E-state index contributed by atoms with van der Waals surface area (Å²) in [5.74, 6) is -0.622. The van der Waals surface area contributed by atoms with Gasteiger partial charge in [0.15, 0.2) is 0 Å². The highest BCUT2D eigenvalue weighted by molar-refractivity contribution is 6.35. The van der Waals surface area contributed by atoms with Crippen molar-refractivity contribution in [2.24, 2.45) is 0 Å². The Balaban J connectivity index is 1.86. The lowest BCUT2D eigenvalue weighted by Crippen LogP contribution is -2.33. The van der Waals surface area contributed by atoms with Gasteiger partial charge >= 0.3 is 0 Å². The zero-order valence-electron chi connectivity index (χ0n) is 14.8. The first kappa shape index (κ1) is 20.7. The molecule has 3 rings (SSSR count). The van der Waals surface area contributed by atoms with Crippen molar-refractivity contribution in [2.75, 3.05) is 6.54 Å². The van der Waals surface area contributed by atoms with Gasteiger partial charge in [0, 0.05) is 28.7 Å². The van der Waals surface area contributed by atoms with Gasteiger partial charge < -0.3 is 4.90 Å². The molecule has 0 heterocycles. The van der Waals surface area contributed by atoms with E-state index >= 15 is 0 Å². The van der Waals surface area contributed by atoms with Crippen LogP contribution in [0.5, 0.6) is 0 Å². The quantitative estimate of drug-likeness (QED) is 0.422. The van der Waals surface area contributed by atoms with Crippen molar-refractivity contribution in [3.05, 3.63) is 104 Å². The summed E-state index contributed by atoms with van der Waals surface area (Å²) in [6.07, 6.45) is 0.501. The summed E-state index contributed by atoms with van der Waals surface area (Å²) in [6.45, 7) is 0.474. The largest absolute Gasteiger partial charge is 0.334 e. The van der Waals surface area contributed by atoms with Crippen molar-refractivity contribution < 1.29 is 9.18 Å². The minimum Gasteiger partial charge on any atom is -0.334 e. The molecule has 28 heavy (non-hydrogen) atoms. The zero-order valence-corrected chi connectivity index (χ0v) is 17.1. The molecule has 144 valence electrons. The fourth-order valence-corrected chi connectivity index (χ4v) is 3.59. The van der Waals surface area contributed by atoms with Gasteiger partial charge in [0.25, 0.3) is 5.91 Å². The van der Waals surface area contributed by atoms with Crippen LogP contribution in [-0.2, 0) is 13.0 Å². The molecule has 0 aliphatic rings. The summed E-state index contributed by atoms with van der Waals surface area (Å²) in [4.78, 5) is 14.7. The van der Waals surface area contributed by atoms with Crippen molar-refractivity contribution in [3.8, 4) is 0 Å². The normalized spacial score (nSPS) is 10.7. The van der Waals surface area contributed by atoms with Crippen LogP contribution in [0.4, 0.5) is 4.39 Å². The molecule has 0 aromatic heterocycles. The van der Waals surface area contributed by atoms with Crippen LogP contribution in [0.25, 0.3) is 0 Å². The van der Waals surface area contributed by atoms with Gasteiger partial charge in [-0.1, -0.05) is 71.2 Å². The Hall–Kier alpha value is -2.07. The Labute approximate surface area is 178 Å². The fraction of sp³-hybridized carbons (Fsp3) is 0.136. The second kappa shape index (κ2) is 9.42. The van der Waals surface area contributed by atoms with Gasteiger partial charge in [0.2, 0.25) is 0 Å². The number of carbonyl (C=O) groups excluding carboxylic acids is 1. The van der Waals surface area contributed by atoms with Crippen molar-refractivity contribution in [1.82, 2.24) is 4.90 Å². The van der Waals surface area contributed by atoms with Crippen LogP contribution in [0.3, 0.4) is 0 Å². The predicted octanol–water partition coefficient (Wildman–Crippen LogP) is 6.67. The maximum absolute atomic E-state index is 14.2. The van der Waals surface area contributed by atoms with Gasteiger partial charge in [-0.3, -0.25) is 4.79 Å². The van der Waals surface area contributed by atoms with E-state index < -0.39 is 0 Å². The molecule has 2 nitrogen and oxygen atoms in total. The number of hydrogen-bond donors (Lipinski definition) is 0. The van der Waals surface area contributed by atoms with E-state index in [1.54, 1.807) is 59.5 Å². The summed E-state index contributed by atoms with van der Waals surface area (Å²) in [5.41, 5.74) is 1.67. The highest BCUT2D eigenvalue weighted by atomic mass is 35.5. The van der Waals surface area contributed by atoms with E-state index in [2.05, 4.69) is 0 Å². The summed E-state index contributed by atoms with van der Waals surface area (Å²) in [5, 5.41) is 1.43. The van der Waals surface area contributed by atoms with Crippen LogP contribution in [0.2, 0.25) is 15.1 Å². The second-order valence-corrected chi connectivity index (χ2v) is 7.53. The molecule has 3 aromatic carbocycles. The third-order valence-electron chi connectivity index (χ3n) is 4.38. The topological polar surface area (TPSA) is 20.3 Å². The van der Waals surface area contributed by atoms with E-state index in [0.29, 0.717) is 39.2 Å². The summed E-state index contributed by atoms with van der Waals surface area (Å²) < 4.78 is 14.2. The van der Waals surface area contributed by atoms with Gasteiger partial charge in [-0.25, -0.2) is 4.39 Å². The fourth-order valence-electron chi connectivity index (χ4n) is 2.87. The molecule has 0 fully saturated rings. The van der Waals surface area contributed by atoms with Crippen molar-refractivity contribution in [1.29, 1.82) is 0 Å². The number of nitrogens with zero attached hydrogens (tertiary/aromatic N) is 1. The Morgan fingerprint density at radius 3 is 2.29 bits per heavy atom. The van der Waals surface area contributed by atoms with E-state index in [1.807, 2.05) is 6.07 Å². The SMILES string of the molecule is O=C(c1ccccc1Cl)N(CCc1ccc(Cl)cc1Cl)Cc1ccccc1F. The molecule has 3 aromatic rings. The summed E-state index contributed by atoms with van der Waals surface area (Å²) in [7, 11) is 0. The monoisotopic (exact) mass is 435 g/mol. The molecule has 1 amide bonds. The first-order valence-corrected chi connectivity index (χ1v) is 9.80. The number of benzene rings is 3. The number of hydrogen-bond acceptors (Lipinski definition) is 1. The van der Waals surface area contributed by atoms with Crippen LogP contribution in [0.1, 0.15) is 21.5 Å². The molecule has 0 radical (unpaired) electrons. The number of carbonyl (C=O) groups is 1. The summed E-state index contributed by atoms with van der Waals surface area (Å²) in [6, 6.07) is 18.5. The third-order valence-corrected chi connectivity index (χ3v) is 5.29. The van der Waals surface area contributed by atoms with E-state index in [-0.39, 0.29) is 18.3 Å². The first-order valence-electron chi connectivity index (χ1n) is 8.67. The van der Waals surface area contributed by atoms with E-state index in [9.17, 15) is 9.18 Å². The molecule has 0 saturated carbocycles. The molecule has 0 aliphatic heterocycles. The van der Waals surface area contributed by atoms with Crippen molar-refractivity contribution >= 4 is 40.7 Å². The summed E-state index contributed by atoms with van der Waals surface area (Å²) >= 11 is 18.4. The minimum absolute atomic E-state index is 0.127. The van der Waals surface area contributed by atoms with Crippen LogP contribution < -0.4 is 0 Å². The maximum Gasteiger partial charge on any atom is 0.255 e. The molecule has 0 spiro atoms. The Morgan fingerprint density at radius 2 is 1.57 bits per heavy atom. The van der Waals surface area contributed by atoms with E-state index in [1.165, 1.54) is 6.07 Å². The lowest BCUT2D eigenvalue weighted by Gasteiger charge is -2.24. The molecular weight excluding hydrogens is 420 g/mol. The smallest absolute Gasteiger partial charge is 0.255 e. The van der Waals surface area contributed by atoms with Crippen LogP contribution in [-0.4, -0.2) is 17.4 Å². The first-order chi connectivity index (χ1) is 13.5. The van der Waals surface area contributed by atoms with Gasteiger partial charge in [0.1, 0.15) is 5.82 Å². The standard InChI is InChI=1S/C22H17Cl3FNO/c23-17-10-9-15(20(25)13-17)11-12-27(14-16-5-1-4-8-21(16)26)22(28)18-6-2-3-7-19(18)24/h1-10,13H,11-12,14H2. The zero-order chi connectivity index (χ0) is 20.1. The van der Waals surface area contributed by atoms with Crippen molar-refractivity contribution in [2.45, 2.75) is 13.0 Å². The van der Waals surface area contributed by atoms with Crippen LogP contribution >= 0.6 is 34.8 Å². The average molecular weight is 437 g/mol. The van der Waals surface area contributed by atoms with Gasteiger partial charge in [0.05, 0.1) is 10.6 Å². The highest BCUT2D eigenvalue weighted by Gasteiger charge is 2.20. The Morgan fingerprint density at radius 1 is 0.857 bits per heavy atom. The number of rotatable bonds is 6. The lowest BCUT2D eigenvalue weighted by atomic mass is 10.1. The van der Waals surface area contributed by atoms with E-state index in [0.717, 1.165) is 5.56 Å². The molecular formula is C22H17Cl3FNO. The maximum atomic E-state index is 14.2. The van der Waals surface area contributed by atoms with Crippen molar-refractivity contribution in [3.63, 3.8) is 0 Å². The van der Waals surface area contributed by atoms with Gasteiger partial charge in [-0.2, -0.15) is 0 Å². The Bertz CT molecular complexity index is 993. The molecule has 0 bridgehead atoms. The molecule has 0 aliphatic carbocycles. The average Bonchev–Trinajstić information content (AvgIpc) is 2.67. The third kappa shape index (κ3) is 5.05. The molecule has 0 N–H and O–H groups in total. The highest BCUT2D eigenvalue weighted by Crippen LogP contribution is 2.23. The van der Waals surface area contributed by atoms with E-state index in [4.69, 9.17) is 34.8 Å². The lowest BCUT2D eigenvalue weighted by molar-refractivity contribution is 0.0743. The molecule has 0 unspecified atom stereocenters. The number of halogens is 4. The molecule has 0 atom stereocenters. The second-order valence-electron chi connectivity index (χ2n) is 6.28. The predicted molar refractivity (Wildman–Crippen MR) is 113 cm³/mol. The minimum atomic E-state index is -0.357. The molecule has 0 saturated heterocycles. The molecule has 6 heteroatoms. The van der Waals surface area contributed by atoms with Crippen LogP contribution in [0.15, 0.2) is 66.7 Å². The Kier molecular flexibility index (Phi) is 6.95. The van der Waals surface area contributed by atoms with Crippen LogP contribution in [0, 0.1) is 5.82 Å². The number of amides is 1. The van der Waals surface area contributed by atoms with Gasteiger partial charge in [-0.05, 0) is 42.3 Å². The van der Waals surface area contributed by atoms with Gasteiger partial charge in [-0.15, -0.1) is 0 Å².